The van der Waals surface area contributed by atoms with Crippen LogP contribution in [0, 0.1) is 5.92 Å². The number of rotatable bonds is 9. The Hall–Kier alpha value is -1.60. The molecule has 0 bridgehead atoms. The quantitative estimate of drug-likeness (QED) is 0.535. The van der Waals surface area contributed by atoms with E-state index in [0.29, 0.717) is 5.92 Å². The molecule has 148 valence electrons. The third kappa shape index (κ3) is 6.61. The van der Waals surface area contributed by atoms with Gasteiger partial charge in [0.15, 0.2) is 5.96 Å². The minimum Gasteiger partial charge on any atom is -0.378 e. The van der Waals surface area contributed by atoms with E-state index in [1.165, 1.54) is 0 Å². The maximum atomic E-state index is 5.83. The first-order valence-corrected chi connectivity index (χ1v) is 9.90. The van der Waals surface area contributed by atoms with Gasteiger partial charge in [0, 0.05) is 58.5 Å². The van der Waals surface area contributed by atoms with Crippen molar-refractivity contribution in [2.45, 2.75) is 46.8 Å². The Morgan fingerprint density at radius 3 is 2.65 bits per heavy atom. The second kappa shape index (κ2) is 11.2. The van der Waals surface area contributed by atoms with E-state index >= 15 is 0 Å². The average Bonchev–Trinajstić information content (AvgIpc) is 3.14. The summed E-state index contributed by atoms with van der Waals surface area (Å²) in [5.74, 6) is 1.54. The van der Waals surface area contributed by atoms with Crippen LogP contribution in [-0.2, 0) is 11.3 Å². The molecule has 1 unspecified atom stereocenters. The number of aliphatic imine (C=N–C) groups is 1. The molecule has 1 atom stereocenters. The topological polar surface area (TPSA) is 66.1 Å². The Morgan fingerprint density at radius 1 is 1.31 bits per heavy atom. The van der Waals surface area contributed by atoms with Gasteiger partial charge in [0.2, 0.25) is 0 Å². The fraction of sp³-hybridized carbons (Fsp3) is 0.789. The molecular formula is C19H35N5O2. The Kier molecular flexibility index (Phi) is 8.91. The second-order valence-electron chi connectivity index (χ2n) is 7.02. The largest absolute Gasteiger partial charge is 0.378 e. The van der Waals surface area contributed by atoms with Crippen LogP contribution >= 0.6 is 0 Å². The van der Waals surface area contributed by atoms with Gasteiger partial charge >= 0.3 is 0 Å². The molecule has 1 aromatic heterocycles. The molecule has 0 spiro atoms. The standard InChI is InChI=1S/C19H35N5O2/c1-5-20-19(21-9-7-18(16(3)4)25-6-2)24-12-10-23(11-13-24)15-17-8-14-26-22-17/h8,14,16,18H,5-7,9-13,15H2,1-4H3,(H,20,21). The van der Waals surface area contributed by atoms with E-state index in [1.807, 2.05) is 6.07 Å². The minimum absolute atomic E-state index is 0.283. The van der Waals surface area contributed by atoms with Gasteiger partial charge in [0.1, 0.15) is 6.26 Å². The lowest BCUT2D eigenvalue weighted by molar-refractivity contribution is 0.0266. The molecular weight excluding hydrogens is 330 g/mol. The maximum Gasteiger partial charge on any atom is 0.194 e. The van der Waals surface area contributed by atoms with Gasteiger partial charge in [-0.1, -0.05) is 19.0 Å². The van der Waals surface area contributed by atoms with Gasteiger partial charge in [-0.15, -0.1) is 0 Å². The average molecular weight is 366 g/mol. The van der Waals surface area contributed by atoms with Crippen molar-refractivity contribution in [1.82, 2.24) is 20.3 Å². The van der Waals surface area contributed by atoms with Crippen LogP contribution in [0.4, 0.5) is 0 Å². The molecule has 1 saturated heterocycles. The van der Waals surface area contributed by atoms with Gasteiger partial charge in [-0.05, 0) is 26.2 Å². The fourth-order valence-electron chi connectivity index (χ4n) is 3.21. The van der Waals surface area contributed by atoms with Gasteiger partial charge < -0.3 is 19.5 Å². The first-order chi connectivity index (χ1) is 12.6. The van der Waals surface area contributed by atoms with Gasteiger partial charge in [0.05, 0.1) is 11.8 Å². The highest BCUT2D eigenvalue weighted by Gasteiger charge is 2.20. The smallest absolute Gasteiger partial charge is 0.194 e. The lowest BCUT2D eigenvalue weighted by Crippen LogP contribution is -2.52. The van der Waals surface area contributed by atoms with Crippen LogP contribution in [0.3, 0.4) is 0 Å². The molecule has 0 radical (unpaired) electrons. The lowest BCUT2D eigenvalue weighted by Gasteiger charge is -2.36. The normalized spacial score (nSPS) is 17.7. The minimum atomic E-state index is 0.283. The summed E-state index contributed by atoms with van der Waals surface area (Å²) in [6.07, 6.45) is 2.88. The van der Waals surface area contributed by atoms with Crippen molar-refractivity contribution in [3.63, 3.8) is 0 Å². The van der Waals surface area contributed by atoms with E-state index in [2.05, 4.69) is 48.0 Å². The molecule has 7 heteroatoms. The number of guanidine groups is 1. The van der Waals surface area contributed by atoms with Crippen LogP contribution in [0.1, 0.15) is 39.8 Å². The van der Waals surface area contributed by atoms with Crippen molar-refractivity contribution in [3.05, 3.63) is 18.0 Å². The molecule has 1 aromatic rings. The molecule has 1 aliphatic rings. The van der Waals surface area contributed by atoms with E-state index in [9.17, 15) is 0 Å². The highest BCUT2D eigenvalue weighted by atomic mass is 16.5. The fourth-order valence-corrected chi connectivity index (χ4v) is 3.21. The number of hydrogen-bond acceptors (Lipinski definition) is 5. The molecule has 1 N–H and O–H groups in total. The van der Waals surface area contributed by atoms with Crippen molar-refractivity contribution in [2.24, 2.45) is 10.9 Å². The summed E-state index contributed by atoms with van der Waals surface area (Å²) in [6.45, 7) is 15.9. The van der Waals surface area contributed by atoms with Gasteiger partial charge in [-0.2, -0.15) is 0 Å². The van der Waals surface area contributed by atoms with Crippen molar-refractivity contribution in [2.75, 3.05) is 45.9 Å². The lowest BCUT2D eigenvalue weighted by atomic mass is 10.0. The van der Waals surface area contributed by atoms with E-state index in [-0.39, 0.29) is 6.10 Å². The molecule has 1 fully saturated rings. The summed E-state index contributed by atoms with van der Waals surface area (Å²) >= 11 is 0. The zero-order chi connectivity index (χ0) is 18.8. The van der Waals surface area contributed by atoms with Crippen LogP contribution in [0.2, 0.25) is 0 Å². The summed E-state index contributed by atoms with van der Waals surface area (Å²) < 4.78 is 10.7. The molecule has 0 aromatic carbocycles. The van der Waals surface area contributed by atoms with E-state index < -0.39 is 0 Å². The van der Waals surface area contributed by atoms with E-state index in [0.717, 1.165) is 70.5 Å². The zero-order valence-electron chi connectivity index (χ0n) is 16.8. The van der Waals surface area contributed by atoms with Crippen molar-refractivity contribution in [3.8, 4) is 0 Å². The number of hydrogen-bond donors (Lipinski definition) is 1. The highest BCUT2D eigenvalue weighted by Crippen LogP contribution is 2.11. The summed E-state index contributed by atoms with van der Waals surface area (Å²) in [4.78, 5) is 9.61. The number of piperazine rings is 1. The van der Waals surface area contributed by atoms with Crippen molar-refractivity contribution in [1.29, 1.82) is 0 Å². The molecule has 7 nitrogen and oxygen atoms in total. The van der Waals surface area contributed by atoms with Gasteiger partial charge in [-0.3, -0.25) is 9.89 Å². The van der Waals surface area contributed by atoms with E-state index in [4.69, 9.17) is 14.3 Å². The summed E-state index contributed by atoms with van der Waals surface area (Å²) in [6, 6.07) is 1.93. The van der Waals surface area contributed by atoms with Crippen LogP contribution in [-0.4, -0.2) is 72.9 Å². The van der Waals surface area contributed by atoms with E-state index in [1.54, 1.807) is 6.26 Å². The molecule has 0 saturated carbocycles. The monoisotopic (exact) mass is 365 g/mol. The van der Waals surface area contributed by atoms with Crippen LogP contribution in [0.15, 0.2) is 21.8 Å². The first kappa shape index (κ1) is 20.7. The van der Waals surface area contributed by atoms with Crippen LogP contribution in [0.25, 0.3) is 0 Å². The first-order valence-electron chi connectivity index (χ1n) is 9.90. The van der Waals surface area contributed by atoms with Gasteiger partial charge in [-0.25, -0.2) is 0 Å². The zero-order valence-corrected chi connectivity index (χ0v) is 16.8. The Labute approximate surface area is 157 Å². The molecule has 0 amide bonds. The van der Waals surface area contributed by atoms with Crippen LogP contribution < -0.4 is 5.32 Å². The molecule has 1 aliphatic heterocycles. The maximum absolute atomic E-state index is 5.83. The predicted octanol–water partition coefficient (Wildman–Crippen LogP) is 2.21. The third-order valence-corrected chi connectivity index (χ3v) is 4.68. The summed E-state index contributed by atoms with van der Waals surface area (Å²) in [5.41, 5.74) is 0.995. The Balaban J connectivity index is 1.82. The predicted molar refractivity (Wildman–Crippen MR) is 104 cm³/mol. The number of nitrogens with zero attached hydrogens (tertiary/aromatic N) is 4. The number of aromatic nitrogens is 1. The summed E-state index contributed by atoms with van der Waals surface area (Å²) in [7, 11) is 0. The number of nitrogens with one attached hydrogen (secondary N) is 1. The van der Waals surface area contributed by atoms with Crippen molar-refractivity contribution < 1.29 is 9.26 Å². The third-order valence-electron chi connectivity index (χ3n) is 4.68. The summed E-state index contributed by atoms with van der Waals surface area (Å²) in [5, 5.41) is 7.44. The number of ether oxygens (including phenoxy) is 1. The molecule has 26 heavy (non-hydrogen) atoms. The SMILES string of the molecule is CCNC(=NCCC(OCC)C(C)C)N1CCN(Cc2ccon2)CC1. The molecule has 2 rings (SSSR count). The van der Waals surface area contributed by atoms with Crippen molar-refractivity contribution >= 4 is 5.96 Å². The van der Waals surface area contributed by atoms with Crippen LogP contribution in [0.5, 0.6) is 0 Å². The highest BCUT2D eigenvalue weighted by molar-refractivity contribution is 5.80. The Bertz CT molecular complexity index is 510. The second-order valence-corrected chi connectivity index (χ2v) is 7.02. The van der Waals surface area contributed by atoms with Gasteiger partial charge in [0.25, 0.3) is 0 Å². The molecule has 0 aliphatic carbocycles. The molecule has 2 heterocycles. The Morgan fingerprint density at radius 2 is 2.08 bits per heavy atom.